The first kappa shape index (κ1) is 14.0. The monoisotopic (exact) mass is 236 g/mol. The van der Waals surface area contributed by atoms with Gasteiger partial charge in [0.25, 0.3) is 0 Å². The number of allylic oxidation sites excluding steroid dienone is 2. The Morgan fingerprint density at radius 3 is 2.71 bits per heavy atom. The van der Waals surface area contributed by atoms with E-state index in [9.17, 15) is 4.79 Å². The minimum absolute atomic E-state index is 0.0684. The van der Waals surface area contributed by atoms with Crippen molar-refractivity contribution in [3.05, 3.63) is 23.8 Å². The second-order valence-corrected chi connectivity index (χ2v) is 5.10. The van der Waals surface area contributed by atoms with E-state index in [1.54, 1.807) is 0 Å². The summed E-state index contributed by atoms with van der Waals surface area (Å²) in [4.78, 5) is 12.4. The van der Waals surface area contributed by atoms with E-state index in [2.05, 4.69) is 27.4 Å². The number of hydrogen-bond acceptors (Lipinski definition) is 2. The molecule has 2 heteroatoms. The molecule has 1 aliphatic rings. The highest BCUT2D eigenvalue weighted by molar-refractivity contribution is 5.82. The van der Waals surface area contributed by atoms with Crippen molar-refractivity contribution in [1.29, 1.82) is 0 Å². The summed E-state index contributed by atoms with van der Waals surface area (Å²) in [6.07, 6.45) is 4.61. The summed E-state index contributed by atoms with van der Waals surface area (Å²) in [6, 6.07) is 0. The lowest BCUT2D eigenvalue weighted by atomic mass is 9.72. The minimum Gasteiger partial charge on any atom is -0.465 e. The molecule has 1 saturated carbocycles. The van der Waals surface area contributed by atoms with Crippen molar-refractivity contribution in [2.75, 3.05) is 6.61 Å². The van der Waals surface area contributed by atoms with E-state index < -0.39 is 5.41 Å². The third-order valence-corrected chi connectivity index (χ3v) is 3.92. The Balaban J connectivity index is 3.23. The number of rotatable bonds is 4. The van der Waals surface area contributed by atoms with Gasteiger partial charge in [-0.25, -0.2) is 0 Å². The molecule has 2 nitrogen and oxygen atoms in total. The molecule has 17 heavy (non-hydrogen) atoms. The average molecular weight is 236 g/mol. The first-order chi connectivity index (χ1) is 8.00. The largest absolute Gasteiger partial charge is 0.465 e. The van der Waals surface area contributed by atoms with E-state index in [4.69, 9.17) is 4.74 Å². The normalized spacial score (nSPS) is 28.0. The molecule has 0 aromatic rings. The molecule has 1 aliphatic carbocycles. The maximum Gasteiger partial charge on any atom is 0.316 e. The Morgan fingerprint density at radius 2 is 2.24 bits per heavy atom. The Labute approximate surface area is 105 Å². The summed E-state index contributed by atoms with van der Waals surface area (Å²) in [5, 5.41) is 0. The highest BCUT2D eigenvalue weighted by Gasteiger charge is 2.50. The van der Waals surface area contributed by atoms with Crippen LogP contribution in [-0.2, 0) is 9.53 Å². The number of carbonyl (C=O) groups is 1. The maximum absolute atomic E-state index is 12.4. The second-order valence-electron chi connectivity index (χ2n) is 5.10. The lowest BCUT2D eigenvalue weighted by molar-refractivity contribution is -0.154. The van der Waals surface area contributed by atoms with Crippen LogP contribution in [0.3, 0.4) is 0 Å². The lowest BCUT2D eigenvalue weighted by Crippen LogP contribution is -2.37. The summed E-state index contributed by atoms with van der Waals surface area (Å²) < 4.78 is 5.31. The second kappa shape index (κ2) is 5.52. The topological polar surface area (TPSA) is 26.3 Å². The SMILES string of the molecule is C=CC[C@]1(C(=O)OCC)C(=C(C)C)CC[C@H]1C. The Hall–Kier alpha value is -1.05. The van der Waals surface area contributed by atoms with Crippen LogP contribution in [0, 0.1) is 11.3 Å². The molecule has 0 radical (unpaired) electrons. The van der Waals surface area contributed by atoms with Crippen molar-refractivity contribution in [2.45, 2.75) is 47.0 Å². The molecule has 0 unspecified atom stereocenters. The summed E-state index contributed by atoms with van der Waals surface area (Å²) in [5.41, 5.74) is 2.07. The molecular formula is C15H24O2. The molecule has 1 rings (SSSR count). The van der Waals surface area contributed by atoms with Crippen LogP contribution in [0.4, 0.5) is 0 Å². The number of hydrogen-bond donors (Lipinski definition) is 0. The van der Waals surface area contributed by atoms with Crippen LogP contribution in [0.1, 0.15) is 47.0 Å². The van der Waals surface area contributed by atoms with Gasteiger partial charge < -0.3 is 4.74 Å². The Kier molecular flexibility index (Phi) is 4.55. The van der Waals surface area contributed by atoms with Gasteiger partial charge in [-0.2, -0.15) is 0 Å². The van der Waals surface area contributed by atoms with Crippen LogP contribution in [0.5, 0.6) is 0 Å². The van der Waals surface area contributed by atoms with Gasteiger partial charge in [0.1, 0.15) is 0 Å². The molecule has 0 N–H and O–H groups in total. The van der Waals surface area contributed by atoms with Gasteiger partial charge in [-0.05, 0) is 46.0 Å². The summed E-state index contributed by atoms with van der Waals surface area (Å²) in [7, 11) is 0. The van der Waals surface area contributed by atoms with Crippen molar-refractivity contribution in [2.24, 2.45) is 11.3 Å². The molecular weight excluding hydrogens is 212 g/mol. The van der Waals surface area contributed by atoms with Crippen LogP contribution in [0.15, 0.2) is 23.8 Å². The Bertz CT molecular complexity index is 337. The van der Waals surface area contributed by atoms with E-state index in [1.165, 1.54) is 11.1 Å². The predicted molar refractivity (Wildman–Crippen MR) is 70.7 cm³/mol. The van der Waals surface area contributed by atoms with Gasteiger partial charge in [-0.15, -0.1) is 6.58 Å². The van der Waals surface area contributed by atoms with Crippen LogP contribution >= 0.6 is 0 Å². The molecule has 1 fully saturated rings. The van der Waals surface area contributed by atoms with E-state index in [-0.39, 0.29) is 5.97 Å². The van der Waals surface area contributed by atoms with Crippen LogP contribution in [-0.4, -0.2) is 12.6 Å². The predicted octanol–water partition coefficient (Wildman–Crippen LogP) is 3.88. The van der Waals surface area contributed by atoms with E-state index in [0.717, 1.165) is 12.8 Å². The maximum atomic E-state index is 12.4. The average Bonchev–Trinajstić information content (AvgIpc) is 2.58. The first-order valence-electron chi connectivity index (χ1n) is 6.45. The number of esters is 1. The van der Waals surface area contributed by atoms with Crippen molar-refractivity contribution in [3.8, 4) is 0 Å². The van der Waals surface area contributed by atoms with Crippen LogP contribution in [0.25, 0.3) is 0 Å². The molecule has 0 aromatic carbocycles. The third kappa shape index (κ3) is 2.31. The fourth-order valence-electron chi connectivity index (χ4n) is 3.04. The summed E-state index contributed by atoms with van der Waals surface area (Å²) >= 11 is 0. The van der Waals surface area contributed by atoms with Gasteiger partial charge in [0.2, 0.25) is 0 Å². The van der Waals surface area contributed by atoms with Crippen molar-refractivity contribution < 1.29 is 9.53 Å². The van der Waals surface area contributed by atoms with Gasteiger partial charge >= 0.3 is 5.97 Å². The summed E-state index contributed by atoms with van der Waals surface area (Å²) in [6.45, 7) is 12.4. The fourth-order valence-corrected chi connectivity index (χ4v) is 3.04. The Morgan fingerprint density at radius 1 is 1.59 bits per heavy atom. The zero-order chi connectivity index (χ0) is 13.1. The number of carbonyl (C=O) groups excluding carboxylic acids is 1. The summed E-state index contributed by atoms with van der Waals surface area (Å²) in [5.74, 6) is 0.269. The highest BCUT2D eigenvalue weighted by Crippen LogP contribution is 2.52. The third-order valence-electron chi connectivity index (χ3n) is 3.92. The van der Waals surface area contributed by atoms with E-state index in [0.29, 0.717) is 18.9 Å². The highest BCUT2D eigenvalue weighted by atomic mass is 16.5. The zero-order valence-corrected chi connectivity index (χ0v) is 11.5. The quantitative estimate of drug-likeness (QED) is 0.547. The molecule has 2 atom stereocenters. The first-order valence-corrected chi connectivity index (χ1v) is 6.45. The van der Waals surface area contributed by atoms with Gasteiger partial charge in [0.05, 0.1) is 12.0 Å². The molecule has 0 spiro atoms. The minimum atomic E-state index is -0.448. The fraction of sp³-hybridized carbons (Fsp3) is 0.667. The van der Waals surface area contributed by atoms with Crippen LogP contribution < -0.4 is 0 Å². The lowest BCUT2D eigenvalue weighted by Gasteiger charge is -2.32. The smallest absolute Gasteiger partial charge is 0.316 e. The molecule has 0 aliphatic heterocycles. The zero-order valence-electron chi connectivity index (χ0n) is 11.5. The van der Waals surface area contributed by atoms with Crippen molar-refractivity contribution in [1.82, 2.24) is 0 Å². The molecule has 0 saturated heterocycles. The van der Waals surface area contributed by atoms with Gasteiger partial charge in [-0.1, -0.05) is 24.1 Å². The van der Waals surface area contributed by atoms with E-state index >= 15 is 0 Å². The molecule has 96 valence electrons. The van der Waals surface area contributed by atoms with Gasteiger partial charge in [-0.3, -0.25) is 4.79 Å². The van der Waals surface area contributed by atoms with Crippen molar-refractivity contribution >= 4 is 5.97 Å². The molecule has 0 aromatic heterocycles. The van der Waals surface area contributed by atoms with Gasteiger partial charge in [0, 0.05) is 0 Å². The molecule has 0 amide bonds. The van der Waals surface area contributed by atoms with Crippen molar-refractivity contribution in [3.63, 3.8) is 0 Å². The van der Waals surface area contributed by atoms with E-state index in [1.807, 2.05) is 13.0 Å². The van der Waals surface area contributed by atoms with Crippen LogP contribution in [0.2, 0.25) is 0 Å². The molecule has 0 heterocycles. The van der Waals surface area contributed by atoms with Gasteiger partial charge in [0.15, 0.2) is 0 Å². The number of ether oxygens (including phenoxy) is 1. The molecule has 0 bridgehead atoms. The standard InChI is InChI=1S/C15H24O2/c1-6-10-15(14(16)17-7-2)12(5)8-9-13(15)11(3)4/h6,12H,1,7-10H2,2-5H3/t12-,15-/m1/s1.